The van der Waals surface area contributed by atoms with Crippen molar-refractivity contribution in [3.05, 3.63) is 78.8 Å². The lowest BCUT2D eigenvalue weighted by Gasteiger charge is -2.52. The molecule has 0 aromatic carbocycles. The molecule has 2 N–H and O–H groups in total. The molecule has 0 saturated carbocycles. The highest BCUT2D eigenvalue weighted by atomic mass is 32.2. The summed E-state index contributed by atoms with van der Waals surface area (Å²) in [6.07, 6.45) is 25.9. The fourth-order valence-corrected chi connectivity index (χ4v) is 11.8. The number of nitrogens with zero attached hydrogens (tertiary/aromatic N) is 10. The maximum Gasteiger partial charge on any atom is 0.272 e. The van der Waals surface area contributed by atoms with Crippen LogP contribution in [0.25, 0.3) is 0 Å². The molecule has 5 rings (SSSR count). The van der Waals surface area contributed by atoms with Crippen LogP contribution in [-0.4, -0.2) is 219 Å². The Morgan fingerprint density at radius 3 is 1.17 bits per heavy atom. The van der Waals surface area contributed by atoms with Gasteiger partial charge in [0.05, 0.1) is 31.6 Å². The summed E-state index contributed by atoms with van der Waals surface area (Å²) in [5.74, 6) is 0.0145. The van der Waals surface area contributed by atoms with E-state index in [9.17, 15) is 31.5 Å². The molecule has 1 atom stereocenters. The van der Waals surface area contributed by atoms with Crippen LogP contribution in [0.1, 0.15) is 358 Å². The van der Waals surface area contributed by atoms with Crippen LogP contribution < -0.4 is 5.32 Å². The quantitative estimate of drug-likeness (QED) is 0.0783. The van der Waals surface area contributed by atoms with Gasteiger partial charge in [-0.3, -0.25) is 24.0 Å². The number of carbonyl (C=O) groups excluding carboxylic acids is 1. The summed E-state index contributed by atoms with van der Waals surface area (Å²) in [5.41, 5.74) is 5.24. The minimum absolute atomic E-state index is 0.0386. The number of pyridine rings is 2. The number of carbonyl (C=O) groups is 1. The molecule has 5 heterocycles. The molecule has 19 heteroatoms. The average molecular weight is 1740 g/mol. The number of hydrogen-bond acceptors (Lipinski definition) is 14. The van der Waals surface area contributed by atoms with Gasteiger partial charge < -0.3 is 30.0 Å². The van der Waals surface area contributed by atoms with Crippen molar-refractivity contribution < 1.29 is 31.5 Å². The Hall–Kier alpha value is -3.85. The Kier molecular flexibility index (Phi) is 65.1. The lowest BCUT2D eigenvalue weighted by molar-refractivity contribution is -0.132. The molecule has 3 aromatic rings. The molecule has 718 valence electrons. The molecule has 121 heavy (non-hydrogen) atoms. The lowest BCUT2D eigenvalue weighted by atomic mass is 9.87. The van der Waals surface area contributed by atoms with Gasteiger partial charge >= 0.3 is 0 Å². The van der Waals surface area contributed by atoms with E-state index in [1.807, 2.05) is 102 Å². The number of likely N-dealkylation sites (tertiary alicyclic amines) is 2. The lowest BCUT2D eigenvalue weighted by Crippen LogP contribution is -2.66. The normalized spacial score (nSPS) is 14.7. The molecule has 0 spiro atoms. The maximum atomic E-state index is 12.4. The number of aliphatic hydroxyl groups excluding tert-OH is 1. The topological polar surface area (TPSA) is 154 Å². The zero-order valence-electron chi connectivity index (χ0n) is 88.1. The van der Waals surface area contributed by atoms with E-state index in [1.165, 1.54) is 109 Å². The molecule has 0 bridgehead atoms. The van der Waals surface area contributed by atoms with Crippen molar-refractivity contribution in [2.24, 2.45) is 59.6 Å². The molecule has 0 radical (unpaired) electrons. The Labute approximate surface area is 751 Å². The van der Waals surface area contributed by atoms with Crippen LogP contribution in [0.5, 0.6) is 0 Å². The molecule has 0 aliphatic carbocycles. The van der Waals surface area contributed by atoms with Crippen LogP contribution in [0.15, 0.2) is 67.3 Å². The fraction of sp³-hybridized carbons (Fsp3) is 0.853. The number of alkyl halides is 3. The summed E-state index contributed by atoms with van der Waals surface area (Å²) in [4.78, 5) is 40.8. The van der Waals surface area contributed by atoms with Crippen molar-refractivity contribution >= 4 is 21.6 Å². The van der Waals surface area contributed by atoms with E-state index in [2.05, 4.69) is 281 Å². The van der Waals surface area contributed by atoms with E-state index >= 15 is 0 Å². The minimum atomic E-state index is -2.76. The number of hydrogen-bond donors (Lipinski definition) is 2. The second kappa shape index (κ2) is 61.6. The molecule has 1 unspecified atom stereocenters. The largest absolute Gasteiger partial charge is 0.392 e. The molecule has 15 nitrogen and oxygen atoms in total. The van der Waals surface area contributed by atoms with E-state index in [1.54, 1.807) is 37.6 Å². The number of nitrogens with one attached hydrogen (secondary N) is 1. The highest BCUT2D eigenvalue weighted by Gasteiger charge is 2.44. The van der Waals surface area contributed by atoms with Crippen molar-refractivity contribution in [1.29, 1.82) is 0 Å². The number of aliphatic hydroxyl groups is 1. The highest BCUT2D eigenvalue weighted by molar-refractivity contribution is 7.90. The van der Waals surface area contributed by atoms with Gasteiger partial charge in [0.2, 0.25) is 5.91 Å². The van der Waals surface area contributed by atoms with Crippen molar-refractivity contribution in [3.63, 3.8) is 0 Å². The third-order valence-electron chi connectivity index (χ3n) is 19.0. The Balaban J connectivity index is -0.000000302. The number of sulfone groups is 1. The zero-order chi connectivity index (χ0) is 96.2. The van der Waals surface area contributed by atoms with Gasteiger partial charge in [0.1, 0.15) is 21.5 Å². The summed E-state index contributed by atoms with van der Waals surface area (Å²) in [6, 6.07) is 13.9. The van der Waals surface area contributed by atoms with E-state index in [0.29, 0.717) is 56.6 Å². The molecular formula is C102H204F3N11O4S. The van der Waals surface area contributed by atoms with Gasteiger partial charge in [0.15, 0.2) is 0 Å². The van der Waals surface area contributed by atoms with E-state index in [0.717, 1.165) is 63.4 Å². The van der Waals surface area contributed by atoms with Crippen molar-refractivity contribution in [2.75, 3.05) is 138 Å². The number of likely N-dealkylation sites (N-methyl/N-ethyl adjacent to an activating group) is 2. The number of unbranched alkanes of at least 4 members (excludes halogenated alkanes) is 1. The number of halogens is 3. The van der Waals surface area contributed by atoms with Crippen molar-refractivity contribution in [1.82, 2.24) is 49.3 Å². The SMILES string of the molecule is CC(C)(C)CCCc1ccccn1.CC(C)(C)CCCc1ncccn1.CC(C)(C)CCF.CC(C)(C)CCN1CC(F)(F)C1.CC(C)(C)CCS(C)(=O)=O.CC(C)(C)CNc1ccccn1.CCCCC(C)(C)C.CCN(CC)CCC(C)(C)C.CN(C)C(=O)CC(C)(C)C.CN(C)C1(C)CN(CCC(C)(C)C)C1.CN(C)CC(O)CC(C)(C)C. The molecule has 2 fully saturated rings. The highest BCUT2D eigenvalue weighted by Crippen LogP contribution is 2.31. The predicted molar refractivity (Wildman–Crippen MR) is 527 cm³/mol. The van der Waals surface area contributed by atoms with Crippen LogP contribution in [0.3, 0.4) is 0 Å². The third-order valence-corrected chi connectivity index (χ3v) is 19.9. The number of aromatic nitrogens is 4. The van der Waals surface area contributed by atoms with Gasteiger partial charge in [-0.1, -0.05) is 274 Å². The molecule has 1 amide bonds. The Bertz CT molecular complexity index is 2970. The summed E-state index contributed by atoms with van der Waals surface area (Å²) >= 11 is 0. The first-order valence-electron chi connectivity index (χ1n) is 46.0. The smallest absolute Gasteiger partial charge is 0.272 e. The number of amides is 1. The fourth-order valence-electron chi connectivity index (χ4n) is 10.8. The molecule has 3 aromatic heterocycles. The van der Waals surface area contributed by atoms with Crippen LogP contribution in [0.4, 0.5) is 19.0 Å². The van der Waals surface area contributed by atoms with Gasteiger partial charge in [-0.15, -0.1) is 0 Å². The van der Waals surface area contributed by atoms with Crippen LogP contribution >= 0.6 is 0 Å². The second-order valence-electron chi connectivity index (χ2n) is 48.4. The van der Waals surface area contributed by atoms with E-state index < -0.39 is 15.8 Å². The standard InChI is InChI=1S/C12H26N2.C12H19N.C11H18N2.C10H16N2.C10H23N.C9H17F2N.C9H21NO.C8H17NO.C8H18.C7H16O2S.C6H13F/c1-11(2,3)7-8-14-9-12(4,10-14)13(5)6;1-12(2,3)9-6-8-11-7-4-5-10-13-11;1-11(2,3)7-4-6-10-12-8-5-9-13-10;1-10(2,3)8-12-9-6-4-5-7-11-9;1-6-11(7-2)9-8-10(3,4)5;1-8(2,3)4-5-12-6-9(10,11)7-12;1-9(2,3)6-8(11)7-10(4)5;1-8(2,3)6-7(10)9(4)5;1-5-6-7-8(2,3)4;1-7(2,3)5-6-10(4,8)9;1-6(2,3)4-5-7/h7-10H2,1-6H3;4-5,7,10H,6,8-9H2,1-3H3;5,8-9H,4,6-7H2,1-3H3;4-7H,8H2,1-3H3,(H,11,12);6-9H2,1-5H3;4-7H2,1-3H3;8,11H,6-7H2,1-5H3;6H2,1-5H3;5-7H2,1-4H3;5-6H2,1-4H3;4-5H2,1-3H3. The van der Waals surface area contributed by atoms with Gasteiger partial charge in [0.25, 0.3) is 5.92 Å². The molecule has 2 aliphatic rings. The Morgan fingerprint density at radius 2 is 0.893 bits per heavy atom. The summed E-state index contributed by atoms with van der Waals surface area (Å²) in [7, 11) is 9.13. The molecule has 2 aliphatic heterocycles. The predicted octanol–water partition coefficient (Wildman–Crippen LogP) is 26.0. The van der Waals surface area contributed by atoms with Gasteiger partial charge in [-0.25, -0.2) is 32.2 Å². The van der Waals surface area contributed by atoms with Gasteiger partial charge in [0, 0.05) is 95.4 Å². The number of aryl methyl sites for hydroxylation is 2. The average Bonchev–Trinajstić information content (AvgIpc) is 0.788. The molecular weight excluding hydrogens is 1530 g/mol. The van der Waals surface area contributed by atoms with Crippen LogP contribution in [-0.2, 0) is 27.5 Å². The summed E-state index contributed by atoms with van der Waals surface area (Å²) < 4.78 is 57.6. The van der Waals surface area contributed by atoms with E-state index in [-0.39, 0.29) is 58.9 Å². The number of anilines is 1. The molecule has 2 saturated heterocycles. The van der Waals surface area contributed by atoms with Crippen LogP contribution in [0.2, 0.25) is 0 Å². The zero-order valence-corrected chi connectivity index (χ0v) is 88.9. The van der Waals surface area contributed by atoms with Gasteiger partial charge in [-0.2, -0.15) is 0 Å². The van der Waals surface area contributed by atoms with Crippen LogP contribution in [0, 0.1) is 59.6 Å². The van der Waals surface area contributed by atoms with E-state index in [4.69, 9.17) is 0 Å². The van der Waals surface area contributed by atoms with Crippen molar-refractivity contribution in [2.45, 2.75) is 376 Å². The van der Waals surface area contributed by atoms with Crippen molar-refractivity contribution in [3.8, 4) is 0 Å². The third kappa shape index (κ3) is 101. The Morgan fingerprint density at radius 1 is 0.496 bits per heavy atom. The summed E-state index contributed by atoms with van der Waals surface area (Å²) in [6.45, 7) is 90.8. The minimum Gasteiger partial charge on any atom is -0.392 e. The monoisotopic (exact) mass is 1740 g/mol. The summed E-state index contributed by atoms with van der Waals surface area (Å²) in [5, 5.41) is 12.8. The van der Waals surface area contributed by atoms with Gasteiger partial charge in [-0.05, 0) is 235 Å². The first-order valence-corrected chi connectivity index (χ1v) is 48.1. The maximum absolute atomic E-state index is 12.4. The number of rotatable bonds is 26. The second-order valence-corrected chi connectivity index (χ2v) is 50.6. The first-order chi connectivity index (χ1) is 54.2. The first kappa shape index (κ1) is 128.